The monoisotopic (exact) mass is 221 g/mol. The van der Waals surface area contributed by atoms with Gasteiger partial charge in [0.25, 0.3) is 0 Å². The fourth-order valence-corrected chi connectivity index (χ4v) is 1.31. The highest BCUT2D eigenvalue weighted by atomic mass is 16.4. The normalized spacial score (nSPS) is 9.75. The number of hydrogen-bond acceptors (Lipinski definition) is 2. The number of anilines is 1. The minimum absolute atomic E-state index is 0.0726. The summed E-state index contributed by atoms with van der Waals surface area (Å²) in [5, 5.41) is 11.2. The number of nitrogens with one attached hydrogen (secondary N) is 1. The Labute approximate surface area is 94.3 Å². The standard InChI is InChI=1S/C12H15NO3/c14-11(8-4-5-9-12(15)16)13-10-6-2-1-3-7-10/h1-3,6-7H,4-5,8-9H2,(H,13,14)(H,15,16). The predicted molar refractivity (Wildman–Crippen MR) is 61.2 cm³/mol. The van der Waals surface area contributed by atoms with Crippen molar-refractivity contribution in [3.05, 3.63) is 30.3 Å². The van der Waals surface area contributed by atoms with E-state index < -0.39 is 5.97 Å². The Bertz CT molecular complexity index is 349. The van der Waals surface area contributed by atoms with Crippen molar-refractivity contribution in [3.63, 3.8) is 0 Å². The van der Waals surface area contributed by atoms with Gasteiger partial charge in [0.15, 0.2) is 0 Å². The summed E-state index contributed by atoms with van der Waals surface area (Å²) in [5.41, 5.74) is 0.769. The van der Waals surface area contributed by atoms with E-state index in [2.05, 4.69) is 5.32 Å². The summed E-state index contributed by atoms with van der Waals surface area (Å²) < 4.78 is 0. The molecule has 0 saturated heterocycles. The number of carbonyl (C=O) groups excluding carboxylic acids is 1. The molecule has 0 aliphatic carbocycles. The number of benzene rings is 1. The molecule has 0 aliphatic heterocycles. The molecular formula is C12H15NO3. The van der Waals surface area contributed by atoms with Gasteiger partial charge in [-0.25, -0.2) is 0 Å². The molecule has 4 heteroatoms. The Morgan fingerprint density at radius 1 is 1.06 bits per heavy atom. The van der Waals surface area contributed by atoms with E-state index in [9.17, 15) is 9.59 Å². The summed E-state index contributed by atoms with van der Waals surface area (Å²) in [6, 6.07) is 9.20. The highest BCUT2D eigenvalue weighted by Crippen LogP contribution is 2.07. The number of para-hydroxylation sites is 1. The lowest BCUT2D eigenvalue weighted by Gasteiger charge is -2.03. The van der Waals surface area contributed by atoms with Crippen LogP contribution < -0.4 is 5.32 Å². The Balaban J connectivity index is 2.19. The molecule has 1 aromatic carbocycles. The van der Waals surface area contributed by atoms with Crippen molar-refractivity contribution in [3.8, 4) is 0 Å². The van der Waals surface area contributed by atoms with Gasteiger partial charge < -0.3 is 10.4 Å². The molecule has 0 unspecified atom stereocenters. The number of carboxylic acid groups (broad SMARTS) is 1. The van der Waals surface area contributed by atoms with Gasteiger partial charge in [-0.05, 0) is 25.0 Å². The van der Waals surface area contributed by atoms with E-state index in [0.717, 1.165) is 5.69 Å². The largest absolute Gasteiger partial charge is 0.481 e. The number of rotatable bonds is 6. The van der Waals surface area contributed by atoms with Crippen molar-refractivity contribution >= 4 is 17.6 Å². The second-order valence-electron chi connectivity index (χ2n) is 3.52. The van der Waals surface area contributed by atoms with Gasteiger partial charge in [0.05, 0.1) is 0 Å². The van der Waals surface area contributed by atoms with Crippen LogP contribution in [-0.2, 0) is 9.59 Å². The third-order valence-electron chi connectivity index (χ3n) is 2.10. The molecule has 86 valence electrons. The molecule has 0 radical (unpaired) electrons. The topological polar surface area (TPSA) is 66.4 Å². The van der Waals surface area contributed by atoms with E-state index in [1.54, 1.807) is 0 Å². The number of unbranched alkanes of at least 4 members (excludes halogenated alkanes) is 1. The van der Waals surface area contributed by atoms with E-state index >= 15 is 0 Å². The lowest BCUT2D eigenvalue weighted by Crippen LogP contribution is -2.11. The minimum Gasteiger partial charge on any atom is -0.481 e. The zero-order valence-electron chi connectivity index (χ0n) is 8.98. The maximum Gasteiger partial charge on any atom is 0.303 e. The predicted octanol–water partition coefficient (Wildman–Crippen LogP) is 2.27. The molecule has 1 aromatic rings. The number of aliphatic carboxylic acids is 1. The summed E-state index contributed by atoms with van der Waals surface area (Å²) >= 11 is 0. The van der Waals surface area contributed by atoms with Crippen molar-refractivity contribution in [2.24, 2.45) is 0 Å². The summed E-state index contributed by atoms with van der Waals surface area (Å²) in [7, 11) is 0. The zero-order chi connectivity index (χ0) is 11.8. The second kappa shape index (κ2) is 6.61. The van der Waals surface area contributed by atoms with Crippen LogP contribution >= 0.6 is 0 Å². The van der Waals surface area contributed by atoms with Gasteiger partial charge >= 0.3 is 5.97 Å². The molecule has 0 bridgehead atoms. The quantitative estimate of drug-likeness (QED) is 0.724. The van der Waals surface area contributed by atoms with Gasteiger partial charge in [0.2, 0.25) is 5.91 Å². The highest BCUT2D eigenvalue weighted by Gasteiger charge is 2.02. The van der Waals surface area contributed by atoms with Crippen LogP contribution in [0.3, 0.4) is 0 Å². The first-order chi connectivity index (χ1) is 7.68. The third-order valence-corrected chi connectivity index (χ3v) is 2.10. The van der Waals surface area contributed by atoms with Crippen LogP contribution in [0.1, 0.15) is 25.7 Å². The lowest BCUT2D eigenvalue weighted by molar-refractivity contribution is -0.137. The van der Waals surface area contributed by atoms with Crippen LogP contribution in [0.2, 0.25) is 0 Å². The Morgan fingerprint density at radius 2 is 1.69 bits per heavy atom. The molecule has 0 saturated carbocycles. The fraction of sp³-hybridized carbons (Fsp3) is 0.333. The van der Waals surface area contributed by atoms with Gasteiger partial charge in [-0.3, -0.25) is 9.59 Å². The summed E-state index contributed by atoms with van der Waals surface area (Å²) in [5.74, 6) is -0.889. The van der Waals surface area contributed by atoms with Gasteiger partial charge in [-0.15, -0.1) is 0 Å². The van der Waals surface area contributed by atoms with Crippen molar-refractivity contribution in [2.75, 3.05) is 5.32 Å². The number of carboxylic acids is 1. The molecule has 1 rings (SSSR count). The molecule has 0 heterocycles. The first-order valence-corrected chi connectivity index (χ1v) is 5.25. The molecule has 0 spiro atoms. The van der Waals surface area contributed by atoms with Gasteiger partial charge in [0, 0.05) is 18.5 Å². The van der Waals surface area contributed by atoms with Gasteiger partial charge in [-0.2, -0.15) is 0 Å². The Morgan fingerprint density at radius 3 is 2.31 bits per heavy atom. The molecule has 0 atom stereocenters. The molecule has 4 nitrogen and oxygen atoms in total. The molecule has 0 aliphatic rings. The van der Waals surface area contributed by atoms with E-state index in [-0.39, 0.29) is 12.3 Å². The highest BCUT2D eigenvalue weighted by molar-refractivity contribution is 5.90. The smallest absolute Gasteiger partial charge is 0.303 e. The molecular weight excluding hydrogens is 206 g/mol. The van der Waals surface area contributed by atoms with Crippen LogP contribution in [0, 0.1) is 0 Å². The van der Waals surface area contributed by atoms with Gasteiger partial charge in [0.1, 0.15) is 0 Å². The maximum atomic E-state index is 11.4. The van der Waals surface area contributed by atoms with E-state index in [1.807, 2.05) is 30.3 Å². The molecule has 16 heavy (non-hydrogen) atoms. The number of amides is 1. The van der Waals surface area contributed by atoms with Crippen molar-refractivity contribution in [2.45, 2.75) is 25.7 Å². The van der Waals surface area contributed by atoms with Crippen LogP contribution in [-0.4, -0.2) is 17.0 Å². The second-order valence-corrected chi connectivity index (χ2v) is 3.52. The Hall–Kier alpha value is -1.84. The van der Waals surface area contributed by atoms with Crippen molar-refractivity contribution < 1.29 is 14.7 Å². The van der Waals surface area contributed by atoms with E-state index in [4.69, 9.17) is 5.11 Å². The number of hydrogen-bond donors (Lipinski definition) is 2. The average molecular weight is 221 g/mol. The average Bonchev–Trinajstić information content (AvgIpc) is 2.25. The summed E-state index contributed by atoms with van der Waals surface area (Å²) in [4.78, 5) is 21.6. The first kappa shape index (κ1) is 12.2. The molecule has 0 fully saturated rings. The molecule has 0 aromatic heterocycles. The van der Waals surface area contributed by atoms with Crippen molar-refractivity contribution in [1.82, 2.24) is 0 Å². The molecule has 1 amide bonds. The summed E-state index contributed by atoms with van der Waals surface area (Å²) in [6.45, 7) is 0. The third kappa shape index (κ3) is 5.14. The minimum atomic E-state index is -0.816. The van der Waals surface area contributed by atoms with Crippen LogP contribution in [0.25, 0.3) is 0 Å². The zero-order valence-corrected chi connectivity index (χ0v) is 8.98. The first-order valence-electron chi connectivity index (χ1n) is 5.25. The van der Waals surface area contributed by atoms with E-state index in [1.165, 1.54) is 0 Å². The molecule has 2 N–H and O–H groups in total. The van der Waals surface area contributed by atoms with Crippen LogP contribution in [0.5, 0.6) is 0 Å². The van der Waals surface area contributed by atoms with E-state index in [0.29, 0.717) is 19.3 Å². The fourth-order valence-electron chi connectivity index (χ4n) is 1.31. The number of carbonyl (C=O) groups is 2. The Kier molecular flexibility index (Phi) is 5.05. The van der Waals surface area contributed by atoms with Gasteiger partial charge in [-0.1, -0.05) is 18.2 Å². The van der Waals surface area contributed by atoms with Crippen molar-refractivity contribution in [1.29, 1.82) is 0 Å². The SMILES string of the molecule is O=C(O)CCCCC(=O)Nc1ccccc1. The van der Waals surface area contributed by atoms with Crippen LogP contribution in [0.15, 0.2) is 30.3 Å². The van der Waals surface area contributed by atoms with Crippen LogP contribution in [0.4, 0.5) is 5.69 Å². The maximum absolute atomic E-state index is 11.4. The lowest BCUT2D eigenvalue weighted by atomic mass is 10.2. The summed E-state index contributed by atoms with van der Waals surface area (Å²) in [6.07, 6.45) is 1.63.